The molecule has 158 valence electrons. The lowest BCUT2D eigenvalue weighted by Gasteiger charge is -2.32. The van der Waals surface area contributed by atoms with Crippen LogP contribution in [0, 0.1) is 11.3 Å². The summed E-state index contributed by atoms with van der Waals surface area (Å²) in [7, 11) is 0. The van der Waals surface area contributed by atoms with Crippen molar-refractivity contribution in [1.82, 2.24) is 15.4 Å². The summed E-state index contributed by atoms with van der Waals surface area (Å²) in [5.41, 5.74) is 13.9. The summed E-state index contributed by atoms with van der Waals surface area (Å²) in [6, 6.07) is 8.78. The summed E-state index contributed by atoms with van der Waals surface area (Å²) in [5.74, 6) is -0.587. The Bertz CT molecular complexity index is 976. The highest BCUT2D eigenvalue weighted by Crippen LogP contribution is 2.30. The molecule has 0 unspecified atom stereocenters. The minimum atomic E-state index is -1.13. The zero-order chi connectivity index (χ0) is 21.9. The largest absolute Gasteiger partial charge is 0.474 e. The van der Waals surface area contributed by atoms with Gasteiger partial charge in [-0.25, -0.2) is 10.5 Å². The van der Waals surface area contributed by atoms with E-state index in [-0.39, 0.29) is 41.8 Å². The first-order valence-corrected chi connectivity index (χ1v) is 9.41. The summed E-state index contributed by atoms with van der Waals surface area (Å²) in [6.07, 6.45) is 1.05. The zero-order valence-corrected chi connectivity index (χ0v) is 16.8. The van der Waals surface area contributed by atoms with E-state index in [9.17, 15) is 9.90 Å². The quantitative estimate of drug-likeness (QED) is 0.482. The third-order valence-electron chi connectivity index (χ3n) is 4.38. The predicted molar refractivity (Wildman–Crippen MR) is 108 cm³/mol. The molecule has 1 aliphatic rings. The van der Waals surface area contributed by atoms with Gasteiger partial charge in [0.2, 0.25) is 5.88 Å². The number of rotatable bonds is 7. The molecule has 0 saturated heterocycles. The Morgan fingerprint density at radius 2 is 2.13 bits per heavy atom. The van der Waals surface area contributed by atoms with Crippen LogP contribution in [0.15, 0.2) is 24.3 Å². The molecule has 1 heterocycles. The number of nitrogen functional groups attached to an aromatic ring is 1. The first-order valence-electron chi connectivity index (χ1n) is 9.41. The Morgan fingerprint density at radius 1 is 1.40 bits per heavy atom. The average Bonchev–Trinajstić information content (AvgIpc) is 2.65. The van der Waals surface area contributed by atoms with Crippen LogP contribution in [-0.2, 0) is 4.84 Å². The van der Waals surface area contributed by atoms with E-state index in [0.29, 0.717) is 24.0 Å². The number of carbonyl (C=O) groups excluding carboxylic acids is 1. The third kappa shape index (κ3) is 5.21. The molecule has 30 heavy (non-hydrogen) atoms. The lowest BCUT2D eigenvalue weighted by atomic mass is 9.90. The van der Waals surface area contributed by atoms with Crippen LogP contribution < -0.4 is 21.7 Å². The van der Waals surface area contributed by atoms with Gasteiger partial charge >= 0.3 is 0 Å². The van der Waals surface area contributed by atoms with Gasteiger partial charge in [0, 0.05) is 11.6 Å². The molecule has 1 saturated carbocycles. The van der Waals surface area contributed by atoms with Gasteiger partial charge in [-0.3, -0.25) is 9.63 Å². The highest BCUT2D eigenvalue weighted by Gasteiger charge is 2.31. The Balaban J connectivity index is 1.92. The topological polar surface area (TPSA) is 169 Å². The molecule has 10 nitrogen and oxygen atoms in total. The molecule has 0 atom stereocenters. The van der Waals surface area contributed by atoms with Crippen molar-refractivity contribution in [2.45, 2.75) is 44.4 Å². The number of aromatic nitrogens is 2. The van der Waals surface area contributed by atoms with Crippen LogP contribution in [0.5, 0.6) is 5.88 Å². The lowest BCUT2D eigenvalue weighted by Crippen LogP contribution is -2.44. The Hall–Kier alpha value is -3.26. The summed E-state index contributed by atoms with van der Waals surface area (Å²) < 4.78 is 5.88. The maximum Gasteiger partial charge on any atom is 0.284 e. The smallest absolute Gasteiger partial charge is 0.284 e. The number of nitrogens with one attached hydrogen (secondary N) is 1. The number of nitriles is 1. The van der Waals surface area contributed by atoms with E-state index >= 15 is 0 Å². The normalized spacial score (nSPS) is 18.2. The van der Waals surface area contributed by atoms with Crippen LogP contribution in [0.25, 0.3) is 11.4 Å². The van der Waals surface area contributed by atoms with Crippen molar-refractivity contribution in [2.24, 2.45) is 5.73 Å². The standard InChI is InChI=1S/C20H24N6O4/c1-20(2,28)10-29-26-18(27)15-16(23)24-17(12-5-3-4-11(6-12)9-21)25-19(15)30-14-7-13(22)8-14/h3-6,13-14,28H,7-8,10,22H2,1-2H3,(H,26,27)(H2,23,24,25). The van der Waals surface area contributed by atoms with E-state index in [1.807, 2.05) is 0 Å². The number of hydrogen-bond donors (Lipinski definition) is 4. The predicted octanol–water partition coefficient (Wildman–Crippen LogP) is 0.898. The fraction of sp³-hybridized carbons (Fsp3) is 0.400. The molecule has 1 aliphatic carbocycles. The molecule has 3 rings (SSSR count). The van der Waals surface area contributed by atoms with Crippen molar-refractivity contribution in [1.29, 1.82) is 5.26 Å². The number of nitrogens with zero attached hydrogens (tertiary/aromatic N) is 3. The van der Waals surface area contributed by atoms with Gasteiger partial charge in [0.05, 0.1) is 17.2 Å². The summed E-state index contributed by atoms with van der Waals surface area (Å²) >= 11 is 0. The van der Waals surface area contributed by atoms with Crippen molar-refractivity contribution in [2.75, 3.05) is 12.3 Å². The highest BCUT2D eigenvalue weighted by molar-refractivity contribution is 6.00. The van der Waals surface area contributed by atoms with Crippen molar-refractivity contribution >= 4 is 11.7 Å². The summed E-state index contributed by atoms with van der Waals surface area (Å²) in [5, 5.41) is 18.8. The second-order valence-electron chi connectivity index (χ2n) is 7.81. The van der Waals surface area contributed by atoms with Crippen molar-refractivity contribution in [3.05, 3.63) is 35.4 Å². The number of amides is 1. The number of benzene rings is 1. The van der Waals surface area contributed by atoms with E-state index in [0.717, 1.165) is 0 Å². The molecule has 1 fully saturated rings. The Kier molecular flexibility index (Phi) is 6.17. The van der Waals surface area contributed by atoms with Crippen LogP contribution in [0.4, 0.5) is 5.82 Å². The molecule has 1 aromatic heterocycles. The van der Waals surface area contributed by atoms with E-state index in [2.05, 4.69) is 21.5 Å². The molecular weight excluding hydrogens is 388 g/mol. The molecular formula is C20H24N6O4. The second-order valence-corrected chi connectivity index (χ2v) is 7.81. The number of carbonyl (C=O) groups is 1. The van der Waals surface area contributed by atoms with Gasteiger partial charge in [-0.15, -0.1) is 0 Å². The van der Waals surface area contributed by atoms with Gasteiger partial charge in [-0.2, -0.15) is 10.2 Å². The van der Waals surface area contributed by atoms with E-state index in [1.165, 1.54) is 13.8 Å². The number of ether oxygens (including phenoxy) is 1. The van der Waals surface area contributed by atoms with E-state index < -0.39 is 11.5 Å². The number of hydroxylamine groups is 1. The maximum absolute atomic E-state index is 12.6. The van der Waals surface area contributed by atoms with E-state index in [1.54, 1.807) is 24.3 Å². The number of aliphatic hydroxyl groups is 1. The van der Waals surface area contributed by atoms with Crippen LogP contribution >= 0.6 is 0 Å². The number of hydrogen-bond acceptors (Lipinski definition) is 9. The fourth-order valence-corrected chi connectivity index (χ4v) is 2.80. The molecule has 6 N–H and O–H groups in total. The van der Waals surface area contributed by atoms with Crippen molar-refractivity contribution < 1.29 is 19.5 Å². The monoisotopic (exact) mass is 412 g/mol. The van der Waals surface area contributed by atoms with Crippen LogP contribution in [0.2, 0.25) is 0 Å². The van der Waals surface area contributed by atoms with Gasteiger partial charge in [0.15, 0.2) is 5.82 Å². The van der Waals surface area contributed by atoms with Gasteiger partial charge in [0.25, 0.3) is 5.91 Å². The summed E-state index contributed by atoms with van der Waals surface area (Å²) in [4.78, 5) is 26.3. The van der Waals surface area contributed by atoms with Gasteiger partial charge in [-0.1, -0.05) is 12.1 Å². The SMILES string of the molecule is CC(C)(O)CONC(=O)c1c(N)nc(-c2cccc(C#N)c2)nc1OC1CC(N)C1. The van der Waals surface area contributed by atoms with Crippen LogP contribution in [0.3, 0.4) is 0 Å². The molecule has 0 aliphatic heterocycles. The van der Waals surface area contributed by atoms with Crippen LogP contribution in [0.1, 0.15) is 42.6 Å². The second kappa shape index (κ2) is 8.62. The fourth-order valence-electron chi connectivity index (χ4n) is 2.80. The molecule has 0 bridgehead atoms. The van der Waals surface area contributed by atoms with E-state index in [4.69, 9.17) is 26.3 Å². The van der Waals surface area contributed by atoms with Crippen LogP contribution in [-0.4, -0.2) is 45.3 Å². The molecule has 1 amide bonds. The zero-order valence-electron chi connectivity index (χ0n) is 16.8. The molecule has 0 radical (unpaired) electrons. The first kappa shape index (κ1) is 21.4. The molecule has 2 aromatic rings. The number of anilines is 1. The van der Waals surface area contributed by atoms with Gasteiger partial charge in [-0.05, 0) is 38.8 Å². The summed E-state index contributed by atoms with van der Waals surface area (Å²) in [6.45, 7) is 2.94. The number of nitrogens with two attached hydrogens (primary N) is 2. The molecule has 10 heteroatoms. The lowest BCUT2D eigenvalue weighted by molar-refractivity contribution is -0.0523. The maximum atomic E-state index is 12.6. The van der Waals surface area contributed by atoms with Crippen molar-refractivity contribution in [3.8, 4) is 23.3 Å². The third-order valence-corrected chi connectivity index (χ3v) is 4.38. The van der Waals surface area contributed by atoms with Gasteiger partial charge < -0.3 is 21.3 Å². The Labute approximate surface area is 173 Å². The minimum absolute atomic E-state index is 0.00104. The average molecular weight is 412 g/mol. The van der Waals surface area contributed by atoms with Crippen molar-refractivity contribution in [3.63, 3.8) is 0 Å². The molecule has 1 aromatic carbocycles. The highest BCUT2D eigenvalue weighted by atomic mass is 16.7. The first-order chi connectivity index (χ1) is 14.2. The Morgan fingerprint density at radius 3 is 2.77 bits per heavy atom. The minimum Gasteiger partial charge on any atom is -0.474 e. The molecule has 0 spiro atoms. The van der Waals surface area contributed by atoms with Gasteiger partial charge in [0.1, 0.15) is 24.1 Å².